The van der Waals surface area contributed by atoms with E-state index in [9.17, 15) is 5.11 Å². The lowest BCUT2D eigenvalue weighted by atomic mass is 10.1. The van der Waals surface area contributed by atoms with Gasteiger partial charge in [-0.25, -0.2) is 0 Å². The molecule has 21 heavy (non-hydrogen) atoms. The highest BCUT2D eigenvalue weighted by atomic mass is 16.5. The van der Waals surface area contributed by atoms with E-state index in [1.807, 2.05) is 48.5 Å². The molecule has 4 nitrogen and oxygen atoms in total. The van der Waals surface area contributed by atoms with Crippen LogP contribution in [0.2, 0.25) is 0 Å². The molecule has 0 bridgehead atoms. The van der Waals surface area contributed by atoms with Crippen LogP contribution in [-0.2, 0) is 0 Å². The van der Waals surface area contributed by atoms with Crippen molar-refractivity contribution in [2.45, 2.75) is 13.0 Å². The zero-order valence-electron chi connectivity index (χ0n) is 12.3. The molecule has 1 N–H and O–H groups in total. The molecule has 1 atom stereocenters. The minimum Gasteiger partial charge on any atom is -0.493 e. The van der Waals surface area contributed by atoms with E-state index in [2.05, 4.69) is 0 Å². The van der Waals surface area contributed by atoms with E-state index in [-0.39, 0.29) is 0 Å². The molecule has 112 valence electrons. The lowest BCUT2D eigenvalue weighted by molar-refractivity contribution is 0.198. The smallest absolute Gasteiger partial charge is 0.161 e. The van der Waals surface area contributed by atoms with E-state index in [1.165, 1.54) is 0 Å². The number of aliphatic hydroxyl groups is 1. The van der Waals surface area contributed by atoms with Crippen LogP contribution in [0.25, 0.3) is 0 Å². The van der Waals surface area contributed by atoms with Gasteiger partial charge in [-0.1, -0.05) is 24.3 Å². The van der Waals surface area contributed by atoms with Gasteiger partial charge in [-0.05, 0) is 36.8 Å². The van der Waals surface area contributed by atoms with Crippen molar-refractivity contribution >= 4 is 0 Å². The van der Waals surface area contributed by atoms with E-state index in [1.54, 1.807) is 14.0 Å². The van der Waals surface area contributed by atoms with Crippen LogP contribution in [0.1, 0.15) is 18.6 Å². The molecule has 0 amide bonds. The van der Waals surface area contributed by atoms with E-state index in [0.717, 1.165) is 11.3 Å². The van der Waals surface area contributed by atoms with E-state index < -0.39 is 6.10 Å². The first kappa shape index (κ1) is 15.2. The summed E-state index contributed by atoms with van der Waals surface area (Å²) in [6.45, 7) is 2.60. The third kappa shape index (κ3) is 4.39. The summed E-state index contributed by atoms with van der Waals surface area (Å²) in [5.41, 5.74) is 0.868. The number of hydrogen-bond donors (Lipinski definition) is 1. The molecule has 0 aliphatic carbocycles. The van der Waals surface area contributed by atoms with Gasteiger partial charge in [0.1, 0.15) is 19.0 Å². The number of methoxy groups -OCH3 is 1. The molecule has 0 radical (unpaired) electrons. The first-order valence-electron chi connectivity index (χ1n) is 6.87. The Morgan fingerprint density at radius 3 is 2.14 bits per heavy atom. The molecule has 2 aromatic rings. The lowest BCUT2D eigenvalue weighted by Gasteiger charge is -2.11. The van der Waals surface area contributed by atoms with Gasteiger partial charge in [0.05, 0.1) is 13.2 Å². The molecule has 0 fully saturated rings. The molecular weight excluding hydrogens is 268 g/mol. The predicted octanol–water partition coefficient (Wildman–Crippen LogP) is 3.21. The SMILES string of the molecule is COc1ccccc1OCCOc1ccc([C@@H](C)O)cc1. The normalized spacial score (nSPS) is 11.8. The molecule has 0 unspecified atom stereocenters. The van der Waals surface area contributed by atoms with Crippen molar-refractivity contribution in [1.82, 2.24) is 0 Å². The topological polar surface area (TPSA) is 47.9 Å². The summed E-state index contributed by atoms with van der Waals surface area (Å²) in [5, 5.41) is 9.43. The molecule has 0 aliphatic heterocycles. The average Bonchev–Trinajstić information content (AvgIpc) is 2.52. The molecule has 2 aromatic carbocycles. The summed E-state index contributed by atoms with van der Waals surface area (Å²) in [5.74, 6) is 2.16. The van der Waals surface area contributed by atoms with Gasteiger partial charge in [0.25, 0.3) is 0 Å². The van der Waals surface area contributed by atoms with Gasteiger partial charge in [-0.3, -0.25) is 0 Å². The fourth-order valence-electron chi connectivity index (χ4n) is 1.89. The van der Waals surface area contributed by atoms with Gasteiger partial charge >= 0.3 is 0 Å². The predicted molar refractivity (Wildman–Crippen MR) is 81.1 cm³/mol. The van der Waals surface area contributed by atoms with Gasteiger partial charge in [-0.15, -0.1) is 0 Å². The summed E-state index contributed by atoms with van der Waals surface area (Å²) >= 11 is 0. The number of para-hydroxylation sites is 2. The van der Waals surface area contributed by atoms with Crippen molar-refractivity contribution in [3.05, 3.63) is 54.1 Å². The molecule has 0 aromatic heterocycles. The fraction of sp³-hybridized carbons (Fsp3) is 0.294. The van der Waals surface area contributed by atoms with Crippen LogP contribution < -0.4 is 14.2 Å². The fourth-order valence-corrected chi connectivity index (χ4v) is 1.89. The Morgan fingerprint density at radius 2 is 1.52 bits per heavy atom. The van der Waals surface area contributed by atoms with Crippen molar-refractivity contribution in [3.8, 4) is 17.2 Å². The molecule has 4 heteroatoms. The Morgan fingerprint density at radius 1 is 0.905 bits per heavy atom. The number of ether oxygens (including phenoxy) is 3. The first-order valence-corrected chi connectivity index (χ1v) is 6.87. The highest BCUT2D eigenvalue weighted by Gasteiger charge is 2.03. The monoisotopic (exact) mass is 288 g/mol. The Kier molecular flexibility index (Phi) is 5.46. The number of benzene rings is 2. The summed E-state index contributed by atoms with van der Waals surface area (Å²) < 4.78 is 16.4. The minimum absolute atomic E-state index is 0.429. The molecular formula is C17H20O4. The van der Waals surface area contributed by atoms with Gasteiger partial charge in [0.15, 0.2) is 11.5 Å². The van der Waals surface area contributed by atoms with Crippen LogP contribution in [0, 0.1) is 0 Å². The van der Waals surface area contributed by atoms with E-state index in [4.69, 9.17) is 14.2 Å². The molecule has 0 spiro atoms. The van der Waals surface area contributed by atoms with Gasteiger partial charge in [0, 0.05) is 0 Å². The van der Waals surface area contributed by atoms with Crippen LogP contribution >= 0.6 is 0 Å². The quantitative estimate of drug-likeness (QED) is 0.795. The third-order valence-electron chi connectivity index (χ3n) is 3.04. The summed E-state index contributed by atoms with van der Waals surface area (Å²) in [6, 6.07) is 14.9. The van der Waals surface area contributed by atoms with Crippen molar-refractivity contribution in [2.75, 3.05) is 20.3 Å². The Bertz CT molecular complexity index is 549. The number of hydrogen-bond acceptors (Lipinski definition) is 4. The maximum atomic E-state index is 9.43. The van der Waals surface area contributed by atoms with Crippen LogP contribution in [0.5, 0.6) is 17.2 Å². The van der Waals surface area contributed by atoms with Crippen LogP contribution in [-0.4, -0.2) is 25.4 Å². The van der Waals surface area contributed by atoms with Crippen LogP contribution in [0.15, 0.2) is 48.5 Å². The van der Waals surface area contributed by atoms with Crippen molar-refractivity contribution in [3.63, 3.8) is 0 Å². The minimum atomic E-state index is -0.465. The highest BCUT2D eigenvalue weighted by Crippen LogP contribution is 2.25. The van der Waals surface area contributed by atoms with E-state index >= 15 is 0 Å². The maximum absolute atomic E-state index is 9.43. The molecule has 0 saturated carbocycles. The zero-order valence-corrected chi connectivity index (χ0v) is 12.3. The van der Waals surface area contributed by atoms with Crippen LogP contribution in [0.4, 0.5) is 0 Å². The summed E-state index contributed by atoms with van der Waals surface area (Å²) in [4.78, 5) is 0. The Labute approximate surface area is 124 Å². The lowest BCUT2D eigenvalue weighted by Crippen LogP contribution is -2.09. The van der Waals surface area contributed by atoms with Crippen molar-refractivity contribution < 1.29 is 19.3 Å². The standard InChI is InChI=1S/C17H20O4/c1-13(18)14-7-9-15(10-8-14)20-11-12-21-17-6-4-3-5-16(17)19-2/h3-10,13,18H,11-12H2,1-2H3/t13-/m1/s1. The van der Waals surface area contributed by atoms with Crippen LogP contribution in [0.3, 0.4) is 0 Å². The Balaban J connectivity index is 1.79. The highest BCUT2D eigenvalue weighted by molar-refractivity contribution is 5.39. The summed E-state index contributed by atoms with van der Waals surface area (Å²) in [6.07, 6.45) is -0.465. The van der Waals surface area contributed by atoms with Crippen molar-refractivity contribution in [1.29, 1.82) is 0 Å². The third-order valence-corrected chi connectivity index (χ3v) is 3.04. The zero-order chi connectivity index (χ0) is 15.1. The summed E-state index contributed by atoms with van der Waals surface area (Å²) in [7, 11) is 1.61. The second-order valence-electron chi connectivity index (χ2n) is 4.59. The number of rotatable bonds is 7. The largest absolute Gasteiger partial charge is 0.493 e. The maximum Gasteiger partial charge on any atom is 0.161 e. The van der Waals surface area contributed by atoms with Crippen molar-refractivity contribution in [2.24, 2.45) is 0 Å². The van der Waals surface area contributed by atoms with Gasteiger partial charge in [0.2, 0.25) is 0 Å². The molecule has 0 saturated heterocycles. The molecule has 2 rings (SSSR count). The van der Waals surface area contributed by atoms with Gasteiger partial charge in [-0.2, -0.15) is 0 Å². The first-order chi connectivity index (χ1) is 10.2. The number of aliphatic hydroxyl groups excluding tert-OH is 1. The van der Waals surface area contributed by atoms with Gasteiger partial charge < -0.3 is 19.3 Å². The second-order valence-corrected chi connectivity index (χ2v) is 4.59. The van der Waals surface area contributed by atoms with E-state index in [0.29, 0.717) is 24.7 Å². The molecule has 0 heterocycles. The second kappa shape index (κ2) is 7.55. The average molecular weight is 288 g/mol. The Hall–Kier alpha value is -2.20. The molecule has 0 aliphatic rings.